The first-order valence-electron chi connectivity index (χ1n) is 8.72. The molecule has 1 aliphatic heterocycles. The molecule has 1 N–H and O–H groups in total. The van der Waals surface area contributed by atoms with Crippen LogP contribution in [0.15, 0.2) is 60.8 Å². The molecule has 122 valence electrons. The molecule has 2 heterocycles. The zero-order chi connectivity index (χ0) is 16.4. The van der Waals surface area contributed by atoms with Gasteiger partial charge >= 0.3 is 0 Å². The Morgan fingerprint density at radius 1 is 0.958 bits per heavy atom. The van der Waals surface area contributed by atoms with E-state index in [1.165, 1.54) is 22.3 Å². The normalized spacial score (nSPS) is 15.6. The van der Waals surface area contributed by atoms with E-state index >= 15 is 0 Å². The van der Waals surface area contributed by atoms with Crippen molar-refractivity contribution in [1.29, 1.82) is 0 Å². The van der Waals surface area contributed by atoms with Crippen molar-refractivity contribution in [3.05, 3.63) is 66.4 Å². The first-order chi connectivity index (χ1) is 11.8. The van der Waals surface area contributed by atoms with Gasteiger partial charge in [0.1, 0.15) is 0 Å². The number of aryl methyl sites for hydroxylation is 1. The number of nitrogens with zero attached hydrogens (tertiary/aromatic N) is 2. The van der Waals surface area contributed by atoms with Gasteiger partial charge < -0.3 is 10.2 Å². The Labute approximate surface area is 143 Å². The Kier molecular flexibility index (Phi) is 4.08. The molecule has 0 atom stereocenters. The second-order valence-corrected chi connectivity index (χ2v) is 6.57. The lowest BCUT2D eigenvalue weighted by Gasteiger charge is -2.35. The van der Waals surface area contributed by atoms with Crippen molar-refractivity contribution in [3.8, 4) is 0 Å². The molecule has 0 radical (unpaired) electrons. The smallest absolute Gasteiger partial charge is 0.0722 e. The van der Waals surface area contributed by atoms with Crippen molar-refractivity contribution in [2.45, 2.75) is 25.8 Å². The summed E-state index contributed by atoms with van der Waals surface area (Å²) in [4.78, 5) is 6.98. The molecule has 0 aliphatic carbocycles. The molecule has 1 fully saturated rings. The molecular weight excluding hydrogens is 294 g/mol. The number of hydrogen-bond acceptors (Lipinski definition) is 3. The molecule has 0 saturated carbocycles. The summed E-state index contributed by atoms with van der Waals surface area (Å²) in [5.41, 5.74) is 4.98. The largest absolute Gasteiger partial charge is 0.382 e. The van der Waals surface area contributed by atoms with E-state index in [-0.39, 0.29) is 0 Å². The Bertz CT molecular complexity index is 830. The summed E-state index contributed by atoms with van der Waals surface area (Å²) in [5, 5.41) is 4.97. The lowest BCUT2D eigenvalue weighted by Crippen LogP contribution is -2.39. The van der Waals surface area contributed by atoms with Crippen LogP contribution in [0.3, 0.4) is 0 Å². The van der Waals surface area contributed by atoms with E-state index < -0.39 is 0 Å². The summed E-state index contributed by atoms with van der Waals surface area (Å²) in [6, 6.07) is 19.7. The summed E-state index contributed by atoms with van der Waals surface area (Å²) in [7, 11) is 0. The van der Waals surface area contributed by atoms with Crippen molar-refractivity contribution in [1.82, 2.24) is 4.98 Å². The first-order valence-corrected chi connectivity index (χ1v) is 8.72. The molecule has 4 rings (SSSR count). The maximum atomic E-state index is 4.48. The number of hydrogen-bond donors (Lipinski definition) is 1. The topological polar surface area (TPSA) is 28.2 Å². The standard InChI is InChI=1S/C21H23N3/c1-16-6-2-4-8-19(16)23-17-11-14-24(15-12-17)21-10-13-22-20-9-5-3-7-18(20)21/h2-10,13,17,23H,11-12,14-15H2,1H3. The van der Waals surface area contributed by atoms with E-state index in [4.69, 9.17) is 0 Å². The van der Waals surface area contributed by atoms with Gasteiger partial charge in [0.15, 0.2) is 0 Å². The molecule has 0 bridgehead atoms. The third-order valence-electron chi connectivity index (χ3n) is 4.97. The SMILES string of the molecule is Cc1ccccc1NC1CCN(c2ccnc3ccccc23)CC1. The van der Waals surface area contributed by atoms with Crippen LogP contribution in [-0.2, 0) is 0 Å². The summed E-state index contributed by atoms with van der Waals surface area (Å²) in [6.45, 7) is 4.33. The monoisotopic (exact) mass is 317 g/mol. The number of aromatic nitrogens is 1. The van der Waals surface area contributed by atoms with E-state index in [0.29, 0.717) is 6.04 Å². The number of benzene rings is 2. The predicted octanol–water partition coefficient (Wildman–Crippen LogP) is 4.62. The van der Waals surface area contributed by atoms with Crippen molar-refractivity contribution >= 4 is 22.3 Å². The Morgan fingerprint density at radius 2 is 1.71 bits per heavy atom. The van der Waals surface area contributed by atoms with Crippen LogP contribution in [0, 0.1) is 6.92 Å². The number of anilines is 2. The zero-order valence-electron chi connectivity index (χ0n) is 14.1. The van der Waals surface area contributed by atoms with E-state index in [0.717, 1.165) is 31.4 Å². The number of fused-ring (bicyclic) bond motifs is 1. The Balaban J connectivity index is 1.47. The third kappa shape index (κ3) is 2.94. The average molecular weight is 317 g/mol. The van der Waals surface area contributed by atoms with Crippen molar-refractivity contribution < 1.29 is 0 Å². The molecule has 3 nitrogen and oxygen atoms in total. The van der Waals surface area contributed by atoms with Crippen LogP contribution < -0.4 is 10.2 Å². The molecule has 0 unspecified atom stereocenters. The highest BCUT2D eigenvalue weighted by Crippen LogP contribution is 2.28. The average Bonchev–Trinajstić information content (AvgIpc) is 2.64. The molecule has 1 aliphatic rings. The van der Waals surface area contributed by atoms with Gasteiger partial charge in [0.2, 0.25) is 0 Å². The van der Waals surface area contributed by atoms with Gasteiger partial charge in [0.05, 0.1) is 5.52 Å². The van der Waals surface area contributed by atoms with E-state index in [2.05, 4.69) is 76.7 Å². The molecule has 2 aromatic carbocycles. The fraction of sp³-hybridized carbons (Fsp3) is 0.286. The highest BCUT2D eigenvalue weighted by Gasteiger charge is 2.20. The summed E-state index contributed by atoms with van der Waals surface area (Å²) >= 11 is 0. The molecule has 3 aromatic rings. The van der Waals surface area contributed by atoms with Crippen LogP contribution in [0.2, 0.25) is 0 Å². The minimum Gasteiger partial charge on any atom is -0.382 e. The Morgan fingerprint density at radius 3 is 2.54 bits per heavy atom. The minimum absolute atomic E-state index is 0.551. The molecule has 1 aromatic heterocycles. The van der Waals surface area contributed by atoms with Crippen molar-refractivity contribution in [3.63, 3.8) is 0 Å². The molecule has 0 amide bonds. The molecule has 0 spiro atoms. The summed E-state index contributed by atoms with van der Waals surface area (Å²) < 4.78 is 0. The minimum atomic E-state index is 0.551. The van der Waals surface area contributed by atoms with Gasteiger partial charge in [-0.05, 0) is 43.5 Å². The number of rotatable bonds is 3. The van der Waals surface area contributed by atoms with Gasteiger partial charge in [0.25, 0.3) is 0 Å². The highest BCUT2D eigenvalue weighted by atomic mass is 15.1. The van der Waals surface area contributed by atoms with Crippen LogP contribution in [0.1, 0.15) is 18.4 Å². The summed E-state index contributed by atoms with van der Waals surface area (Å²) in [5.74, 6) is 0. The van der Waals surface area contributed by atoms with Crippen molar-refractivity contribution in [2.24, 2.45) is 0 Å². The van der Waals surface area contributed by atoms with Gasteiger partial charge in [0, 0.05) is 42.1 Å². The second-order valence-electron chi connectivity index (χ2n) is 6.57. The van der Waals surface area contributed by atoms with E-state index in [9.17, 15) is 0 Å². The molecular formula is C21H23N3. The van der Waals surface area contributed by atoms with E-state index in [1.807, 2.05) is 6.20 Å². The molecule has 1 saturated heterocycles. The zero-order valence-corrected chi connectivity index (χ0v) is 14.1. The maximum absolute atomic E-state index is 4.48. The van der Waals surface area contributed by atoms with Crippen LogP contribution in [0.5, 0.6) is 0 Å². The summed E-state index contributed by atoms with van der Waals surface area (Å²) in [6.07, 6.45) is 4.24. The van der Waals surface area contributed by atoms with Gasteiger partial charge in [-0.1, -0.05) is 36.4 Å². The van der Waals surface area contributed by atoms with Crippen LogP contribution in [0.4, 0.5) is 11.4 Å². The lowest BCUT2D eigenvalue weighted by atomic mass is 10.0. The number of para-hydroxylation sites is 2. The number of nitrogens with one attached hydrogen (secondary N) is 1. The highest BCUT2D eigenvalue weighted by molar-refractivity contribution is 5.91. The third-order valence-corrected chi connectivity index (χ3v) is 4.97. The lowest BCUT2D eigenvalue weighted by molar-refractivity contribution is 0.527. The second kappa shape index (κ2) is 6.52. The predicted molar refractivity (Wildman–Crippen MR) is 102 cm³/mol. The van der Waals surface area contributed by atoms with Gasteiger partial charge in [-0.25, -0.2) is 0 Å². The van der Waals surface area contributed by atoms with E-state index in [1.54, 1.807) is 0 Å². The first kappa shape index (κ1) is 15.0. The fourth-order valence-electron chi connectivity index (χ4n) is 3.58. The van der Waals surface area contributed by atoms with Crippen molar-refractivity contribution in [2.75, 3.05) is 23.3 Å². The maximum Gasteiger partial charge on any atom is 0.0722 e. The molecule has 3 heteroatoms. The van der Waals surface area contributed by atoms with Crippen LogP contribution in [0.25, 0.3) is 10.9 Å². The number of pyridine rings is 1. The van der Waals surface area contributed by atoms with Crippen LogP contribution >= 0.6 is 0 Å². The van der Waals surface area contributed by atoms with Gasteiger partial charge in [-0.15, -0.1) is 0 Å². The Hall–Kier alpha value is -2.55. The van der Waals surface area contributed by atoms with Crippen LogP contribution in [-0.4, -0.2) is 24.1 Å². The number of piperidine rings is 1. The molecule has 24 heavy (non-hydrogen) atoms. The fourth-order valence-corrected chi connectivity index (χ4v) is 3.58. The van der Waals surface area contributed by atoms with Gasteiger partial charge in [-0.3, -0.25) is 4.98 Å². The van der Waals surface area contributed by atoms with Gasteiger partial charge in [-0.2, -0.15) is 0 Å². The quantitative estimate of drug-likeness (QED) is 0.764.